The van der Waals surface area contributed by atoms with Crippen LogP contribution in [0.5, 0.6) is 0 Å². The first-order valence-electron chi connectivity index (χ1n) is 4.62. The van der Waals surface area contributed by atoms with Crippen LogP contribution in [0.25, 0.3) is 0 Å². The molecule has 0 saturated carbocycles. The first-order valence-corrected chi connectivity index (χ1v) is 4.62. The van der Waals surface area contributed by atoms with Gasteiger partial charge in [0.1, 0.15) is 0 Å². The first-order chi connectivity index (χ1) is 7.54. The molecule has 10 heteroatoms. The topological polar surface area (TPSA) is 145 Å². The standard InChI is InChI=1S/C4H7NO4.C4H11NO2.CH4.2Na/c6-3(7)1-5-2-4(8)9;6-3-1-5-2-4-7;;;/h5H,1-2H2,(H,6,7)(H,8,9);5-7H,1-4H2;1H4;;/q;;;2*+1. The van der Waals surface area contributed by atoms with E-state index >= 15 is 0 Å². The predicted molar refractivity (Wildman–Crippen MR) is 60.3 cm³/mol. The minimum absolute atomic E-state index is 0. The molecule has 19 heavy (non-hydrogen) atoms. The molecule has 0 unspecified atom stereocenters. The van der Waals surface area contributed by atoms with Crippen LogP contribution in [0, 0.1) is 0 Å². The van der Waals surface area contributed by atoms with Gasteiger partial charge in [-0.2, -0.15) is 0 Å². The molecule has 0 aliphatic heterocycles. The minimum atomic E-state index is -1.28. The number of carbonyl (C=O) groups is 2. The molecule has 0 radical (unpaired) electrons. The van der Waals surface area contributed by atoms with Gasteiger partial charge in [0.15, 0.2) is 6.54 Å². The summed E-state index contributed by atoms with van der Waals surface area (Å²) in [6, 6.07) is 0. The summed E-state index contributed by atoms with van der Waals surface area (Å²) in [5.41, 5.74) is 0. The molecule has 104 valence electrons. The molecule has 0 spiro atoms. The van der Waals surface area contributed by atoms with Gasteiger partial charge < -0.3 is 30.5 Å². The minimum Gasteiger partial charge on any atom is -0.564 e. The van der Waals surface area contributed by atoms with Gasteiger partial charge in [-0.05, 0) is 0 Å². The number of carbonyl (C=O) groups excluding carboxylic acids is 2. The number of aliphatic hydroxyl groups is 2. The second-order valence-electron chi connectivity index (χ2n) is 2.60. The van der Waals surface area contributed by atoms with Gasteiger partial charge in [-0.3, -0.25) is 5.32 Å². The fraction of sp³-hybridized carbons (Fsp3) is 0.778. The average molecular weight is 300 g/mol. The van der Waals surface area contributed by atoms with Gasteiger partial charge in [-0.15, -0.1) is 0 Å². The Balaban J connectivity index is -0.0000000607. The molecule has 0 heterocycles. The molecular formula is C9H22N2Na2O6+2. The predicted octanol–water partition coefficient (Wildman–Crippen LogP) is -10.2. The number of rotatable bonds is 8. The summed E-state index contributed by atoms with van der Waals surface area (Å²) in [5.74, 6) is -2.12. The molecule has 0 atom stereocenters. The van der Waals surface area contributed by atoms with E-state index in [1.54, 1.807) is 0 Å². The van der Waals surface area contributed by atoms with Crippen LogP contribution in [0.4, 0.5) is 0 Å². The summed E-state index contributed by atoms with van der Waals surface area (Å²) in [6.45, 7) is 0.791. The maximum atomic E-state index is 9.82. The zero-order chi connectivity index (χ0) is 12.8. The molecule has 0 rings (SSSR count). The summed E-state index contributed by atoms with van der Waals surface area (Å²) < 4.78 is 0. The summed E-state index contributed by atoms with van der Waals surface area (Å²) in [6.07, 6.45) is 0. The Labute approximate surface area is 157 Å². The van der Waals surface area contributed by atoms with Crippen LogP contribution in [-0.2, 0) is 9.59 Å². The van der Waals surface area contributed by atoms with E-state index < -0.39 is 11.9 Å². The number of hydrogen-bond acceptors (Lipinski definition) is 7. The van der Waals surface area contributed by atoms with Crippen LogP contribution in [0.15, 0.2) is 0 Å². The molecular weight excluding hydrogens is 278 g/mol. The maximum absolute atomic E-state index is 9.82. The maximum Gasteiger partial charge on any atom is 1.00 e. The van der Waals surface area contributed by atoms with Gasteiger partial charge in [0, 0.05) is 24.4 Å². The second-order valence-corrected chi connectivity index (χ2v) is 2.60. The van der Waals surface area contributed by atoms with Crippen molar-refractivity contribution in [1.82, 2.24) is 10.6 Å². The number of carboxylic acids is 1. The Morgan fingerprint density at radius 1 is 1.00 bits per heavy atom. The Kier molecular flexibility index (Phi) is 45.7. The SMILES string of the molecule is C.O=C([O-])CNCC(=O)[OH2+].OCCNCCO.[Na+].[Na+]. The number of nitrogens with one attached hydrogen (secondary N) is 2. The van der Waals surface area contributed by atoms with Crippen LogP contribution in [0.1, 0.15) is 7.43 Å². The first kappa shape index (κ1) is 31.9. The van der Waals surface area contributed by atoms with Crippen molar-refractivity contribution >= 4 is 11.9 Å². The zero-order valence-corrected chi connectivity index (χ0v) is 14.9. The molecule has 0 aromatic heterocycles. The molecule has 0 saturated heterocycles. The van der Waals surface area contributed by atoms with Crippen molar-refractivity contribution in [2.24, 2.45) is 0 Å². The van der Waals surface area contributed by atoms with Crippen molar-refractivity contribution in [3.8, 4) is 0 Å². The molecule has 0 bridgehead atoms. The van der Waals surface area contributed by atoms with E-state index in [1.807, 2.05) is 0 Å². The number of carboxylic acid groups (broad SMARTS) is 1. The zero-order valence-electron chi connectivity index (χ0n) is 10.9. The quantitative estimate of drug-likeness (QED) is 0.198. The third kappa shape index (κ3) is 45.5. The third-order valence-electron chi connectivity index (χ3n) is 1.13. The van der Waals surface area contributed by atoms with Crippen LogP contribution in [0.3, 0.4) is 0 Å². The smallest absolute Gasteiger partial charge is 0.564 e. The summed E-state index contributed by atoms with van der Waals surface area (Å²) in [7, 11) is 0. The van der Waals surface area contributed by atoms with E-state index in [1.165, 1.54) is 0 Å². The van der Waals surface area contributed by atoms with Gasteiger partial charge in [0.2, 0.25) is 0 Å². The van der Waals surface area contributed by atoms with E-state index in [0.717, 1.165) is 0 Å². The van der Waals surface area contributed by atoms with Gasteiger partial charge >= 0.3 is 65.1 Å². The Bertz CT molecular complexity index is 180. The fourth-order valence-corrected chi connectivity index (χ4v) is 0.561. The molecule has 0 aromatic rings. The third-order valence-corrected chi connectivity index (χ3v) is 1.13. The van der Waals surface area contributed by atoms with Gasteiger partial charge in [-0.25, -0.2) is 0 Å². The molecule has 0 amide bonds. The summed E-state index contributed by atoms with van der Waals surface area (Å²) in [5, 5.41) is 37.2. The van der Waals surface area contributed by atoms with Gasteiger partial charge in [0.05, 0.1) is 19.2 Å². The number of aliphatic carboxylic acids is 1. The Morgan fingerprint density at radius 3 is 1.68 bits per heavy atom. The van der Waals surface area contributed by atoms with Crippen molar-refractivity contribution in [3.63, 3.8) is 0 Å². The van der Waals surface area contributed by atoms with Crippen molar-refractivity contribution in [2.45, 2.75) is 7.43 Å². The summed E-state index contributed by atoms with van der Waals surface area (Å²) >= 11 is 0. The molecule has 6 N–H and O–H groups in total. The fourth-order valence-electron chi connectivity index (χ4n) is 0.561. The second kappa shape index (κ2) is 27.2. The largest absolute Gasteiger partial charge is 1.00 e. The van der Waals surface area contributed by atoms with Crippen molar-refractivity contribution in [1.29, 1.82) is 0 Å². The number of hydrogen-bond donors (Lipinski definition) is 4. The Hall–Kier alpha value is 0.780. The van der Waals surface area contributed by atoms with Crippen LogP contribution >= 0.6 is 0 Å². The molecule has 8 nitrogen and oxygen atoms in total. The average Bonchev–Trinajstić information content (AvgIpc) is 2.18. The van der Waals surface area contributed by atoms with Crippen LogP contribution in [-0.4, -0.2) is 66.7 Å². The van der Waals surface area contributed by atoms with Crippen LogP contribution < -0.4 is 74.9 Å². The van der Waals surface area contributed by atoms with Crippen molar-refractivity contribution in [2.75, 3.05) is 39.4 Å². The molecule has 0 aromatic carbocycles. The van der Waals surface area contributed by atoms with Crippen LogP contribution in [0.2, 0.25) is 0 Å². The molecule has 0 fully saturated rings. The van der Waals surface area contributed by atoms with E-state index in [4.69, 9.17) is 15.3 Å². The normalized spacial score (nSPS) is 7.68. The molecule has 0 aliphatic carbocycles. The van der Waals surface area contributed by atoms with Crippen molar-refractivity contribution < 1.29 is 89.1 Å². The Morgan fingerprint density at radius 2 is 1.42 bits per heavy atom. The van der Waals surface area contributed by atoms with E-state index in [9.17, 15) is 14.7 Å². The van der Waals surface area contributed by atoms with E-state index in [0.29, 0.717) is 13.1 Å². The van der Waals surface area contributed by atoms with E-state index in [2.05, 4.69) is 10.6 Å². The number of aliphatic hydroxyl groups excluding tert-OH is 2. The van der Waals surface area contributed by atoms with Gasteiger partial charge in [-0.1, -0.05) is 7.43 Å². The monoisotopic (exact) mass is 300 g/mol. The van der Waals surface area contributed by atoms with Crippen molar-refractivity contribution in [3.05, 3.63) is 0 Å². The summed E-state index contributed by atoms with van der Waals surface area (Å²) in [4.78, 5) is 19.5. The van der Waals surface area contributed by atoms with E-state index in [-0.39, 0.29) is 92.8 Å². The van der Waals surface area contributed by atoms with Gasteiger partial charge in [0.25, 0.3) is 0 Å². The molecule has 0 aliphatic rings.